The van der Waals surface area contributed by atoms with Gasteiger partial charge in [-0.1, -0.05) is 30.3 Å². The molecule has 0 bridgehead atoms. The zero-order valence-corrected chi connectivity index (χ0v) is 10.8. The summed E-state index contributed by atoms with van der Waals surface area (Å²) in [5.74, 6) is 0.946. The van der Waals surface area contributed by atoms with Crippen molar-refractivity contribution < 1.29 is 9.47 Å². The highest BCUT2D eigenvalue weighted by atomic mass is 16.6. The first-order valence-corrected chi connectivity index (χ1v) is 6.60. The first-order valence-electron chi connectivity index (χ1n) is 6.60. The number of aromatic amines is 1. The molecule has 0 spiro atoms. The second-order valence-electron chi connectivity index (χ2n) is 4.96. The van der Waals surface area contributed by atoms with Gasteiger partial charge in [0.1, 0.15) is 11.4 Å². The third-order valence-electron chi connectivity index (χ3n) is 3.41. The lowest BCUT2D eigenvalue weighted by atomic mass is 9.90. The van der Waals surface area contributed by atoms with E-state index in [0.29, 0.717) is 19.8 Å². The smallest absolute Gasteiger partial charge is 0.109 e. The maximum Gasteiger partial charge on any atom is 0.109 e. The van der Waals surface area contributed by atoms with Crippen LogP contribution in [0.4, 0.5) is 0 Å². The summed E-state index contributed by atoms with van der Waals surface area (Å²) in [7, 11) is 0. The van der Waals surface area contributed by atoms with E-state index in [9.17, 15) is 0 Å². The Hall–Kier alpha value is -1.65. The van der Waals surface area contributed by atoms with Crippen LogP contribution in [0.2, 0.25) is 0 Å². The molecule has 1 aliphatic heterocycles. The minimum absolute atomic E-state index is 0.308. The number of rotatable bonds is 4. The molecule has 2 heterocycles. The summed E-state index contributed by atoms with van der Waals surface area (Å²) >= 11 is 0. The van der Waals surface area contributed by atoms with Gasteiger partial charge in [0.05, 0.1) is 19.8 Å². The Labute approximate surface area is 112 Å². The van der Waals surface area contributed by atoms with E-state index in [2.05, 4.69) is 34.2 Å². The predicted molar refractivity (Wildman–Crippen MR) is 71.9 cm³/mol. The van der Waals surface area contributed by atoms with Crippen LogP contribution in [0.3, 0.4) is 0 Å². The quantitative estimate of drug-likeness (QED) is 0.912. The Morgan fingerprint density at radius 1 is 1.16 bits per heavy atom. The van der Waals surface area contributed by atoms with Crippen molar-refractivity contribution in [3.8, 4) is 0 Å². The molecule has 1 unspecified atom stereocenters. The fraction of sp³-hybridized carbons (Fsp3) is 0.400. The maximum absolute atomic E-state index is 6.06. The fourth-order valence-electron chi connectivity index (χ4n) is 2.55. The average Bonchev–Trinajstić information content (AvgIpc) is 2.93. The molecular weight excluding hydrogens is 240 g/mol. The molecule has 1 N–H and O–H groups in total. The van der Waals surface area contributed by atoms with Crippen LogP contribution < -0.4 is 0 Å². The summed E-state index contributed by atoms with van der Waals surface area (Å²) in [6.07, 6.45) is 5.20. The summed E-state index contributed by atoms with van der Waals surface area (Å²) in [4.78, 5) is 7.45. The molecule has 0 saturated carbocycles. The highest BCUT2D eigenvalue weighted by Gasteiger charge is 2.35. The van der Waals surface area contributed by atoms with Gasteiger partial charge in [0.2, 0.25) is 0 Å². The Morgan fingerprint density at radius 2 is 2.05 bits per heavy atom. The van der Waals surface area contributed by atoms with Crippen LogP contribution in [0.15, 0.2) is 42.7 Å². The lowest BCUT2D eigenvalue weighted by molar-refractivity contribution is -0.156. The minimum atomic E-state index is -0.308. The van der Waals surface area contributed by atoms with Crippen LogP contribution in [0.5, 0.6) is 0 Å². The van der Waals surface area contributed by atoms with Crippen molar-refractivity contribution in [2.75, 3.05) is 19.8 Å². The van der Waals surface area contributed by atoms with Crippen molar-refractivity contribution in [1.82, 2.24) is 9.97 Å². The summed E-state index contributed by atoms with van der Waals surface area (Å²) in [5, 5.41) is 0. The fourth-order valence-corrected chi connectivity index (χ4v) is 2.55. The van der Waals surface area contributed by atoms with E-state index in [1.54, 1.807) is 6.20 Å². The van der Waals surface area contributed by atoms with Gasteiger partial charge in [0.25, 0.3) is 0 Å². The van der Waals surface area contributed by atoms with Crippen LogP contribution >= 0.6 is 0 Å². The van der Waals surface area contributed by atoms with Gasteiger partial charge in [-0.25, -0.2) is 4.98 Å². The summed E-state index contributed by atoms with van der Waals surface area (Å²) < 4.78 is 11.7. The third-order valence-corrected chi connectivity index (χ3v) is 3.41. The van der Waals surface area contributed by atoms with Gasteiger partial charge < -0.3 is 14.5 Å². The van der Waals surface area contributed by atoms with Crippen LogP contribution in [0, 0.1) is 0 Å². The SMILES string of the molecule is c1ccc(CC2(Cc3ncc[nH]3)COCCO2)cc1. The average molecular weight is 258 g/mol. The van der Waals surface area contributed by atoms with Gasteiger partial charge >= 0.3 is 0 Å². The molecule has 1 atom stereocenters. The van der Waals surface area contributed by atoms with Crippen LogP contribution in [0.25, 0.3) is 0 Å². The highest BCUT2D eigenvalue weighted by Crippen LogP contribution is 2.25. The zero-order valence-electron chi connectivity index (χ0n) is 10.8. The van der Waals surface area contributed by atoms with Gasteiger partial charge in [-0.05, 0) is 5.56 Å². The van der Waals surface area contributed by atoms with Gasteiger partial charge in [0.15, 0.2) is 0 Å². The number of imidazole rings is 1. The van der Waals surface area contributed by atoms with E-state index in [1.165, 1.54) is 5.56 Å². The Bertz CT molecular complexity index is 490. The predicted octanol–water partition coefficient (Wildman–Crippen LogP) is 1.98. The van der Waals surface area contributed by atoms with Gasteiger partial charge in [-0.2, -0.15) is 0 Å². The van der Waals surface area contributed by atoms with E-state index in [0.717, 1.165) is 18.7 Å². The van der Waals surface area contributed by atoms with Crippen molar-refractivity contribution in [3.05, 3.63) is 54.1 Å². The molecule has 1 aromatic carbocycles. The standard InChI is InChI=1S/C15H18N2O2/c1-2-4-13(5-3-1)10-15(12-18-8-9-19-15)11-14-16-6-7-17-14/h1-7H,8-12H2,(H,16,17). The number of hydrogen-bond donors (Lipinski definition) is 1. The number of nitrogens with zero attached hydrogens (tertiary/aromatic N) is 1. The molecule has 1 aliphatic rings. The summed E-state index contributed by atoms with van der Waals surface area (Å²) in [6, 6.07) is 10.4. The molecule has 19 heavy (non-hydrogen) atoms. The summed E-state index contributed by atoms with van der Waals surface area (Å²) in [6.45, 7) is 1.94. The lowest BCUT2D eigenvalue weighted by Crippen LogP contribution is -2.47. The number of hydrogen-bond acceptors (Lipinski definition) is 3. The third kappa shape index (κ3) is 3.03. The molecule has 1 aromatic heterocycles. The second-order valence-corrected chi connectivity index (χ2v) is 4.96. The number of nitrogens with one attached hydrogen (secondary N) is 1. The van der Waals surface area contributed by atoms with Crippen LogP contribution in [-0.2, 0) is 22.3 Å². The first-order chi connectivity index (χ1) is 9.36. The van der Waals surface area contributed by atoms with Gasteiger partial charge in [-0.3, -0.25) is 0 Å². The topological polar surface area (TPSA) is 47.1 Å². The van der Waals surface area contributed by atoms with E-state index >= 15 is 0 Å². The number of ether oxygens (including phenoxy) is 2. The lowest BCUT2D eigenvalue weighted by Gasteiger charge is -2.36. The zero-order chi connectivity index (χ0) is 13.0. The highest BCUT2D eigenvalue weighted by molar-refractivity contribution is 5.18. The molecule has 0 aliphatic carbocycles. The second kappa shape index (κ2) is 5.55. The molecule has 4 nitrogen and oxygen atoms in total. The number of aromatic nitrogens is 2. The van der Waals surface area contributed by atoms with Crippen molar-refractivity contribution >= 4 is 0 Å². The molecule has 4 heteroatoms. The van der Waals surface area contributed by atoms with Crippen LogP contribution in [0.1, 0.15) is 11.4 Å². The largest absolute Gasteiger partial charge is 0.376 e. The van der Waals surface area contributed by atoms with E-state index in [4.69, 9.17) is 9.47 Å². The maximum atomic E-state index is 6.06. The number of H-pyrrole nitrogens is 1. The van der Waals surface area contributed by atoms with E-state index < -0.39 is 0 Å². The molecule has 0 radical (unpaired) electrons. The molecule has 2 aromatic rings. The summed E-state index contributed by atoms with van der Waals surface area (Å²) in [5.41, 5.74) is 0.955. The van der Waals surface area contributed by atoms with E-state index in [1.807, 2.05) is 12.3 Å². The minimum Gasteiger partial charge on any atom is -0.376 e. The molecule has 1 fully saturated rings. The van der Waals surface area contributed by atoms with Crippen molar-refractivity contribution in [2.24, 2.45) is 0 Å². The molecule has 3 rings (SSSR count). The van der Waals surface area contributed by atoms with Crippen LogP contribution in [-0.4, -0.2) is 35.4 Å². The Morgan fingerprint density at radius 3 is 2.74 bits per heavy atom. The van der Waals surface area contributed by atoms with Gasteiger partial charge in [0, 0.05) is 25.2 Å². The van der Waals surface area contributed by atoms with Crippen molar-refractivity contribution in [1.29, 1.82) is 0 Å². The molecule has 0 amide bonds. The van der Waals surface area contributed by atoms with E-state index in [-0.39, 0.29) is 5.60 Å². The number of benzene rings is 1. The molecule has 1 saturated heterocycles. The molecule has 100 valence electrons. The monoisotopic (exact) mass is 258 g/mol. The first kappa shape index (κ1) is 12.4. The Kier molecular flexibility index (Phi) is 3.62. The Balaban J connectivity index is 1.80. The normalized spacial score (nSPS) is 23.4. The van der Waals surface area contributed by atoms with Crippen molar-refractivity contribution in [2.45, 2.75) is 18.4 Å². The molecular formula is C15H18N2O2. The van der Waals surface area contributed by atoms with Crippen molar-refractivity contribution in [3.63, 3.8) is 0 Å². The van der Waals surface area contributed by atoms with Gasteiger partial charge in [-0.15, -0.1) is 0 Å².